The molecule has 1 saturated heterocycles. The van der Waals surface area contributed by atoms with Crippen LogP contribution in [0, 0.1) is 0 Å². The molecule has 1 aliphatic heterocycles. The predicted octanol–water partition coefficient (Wildman–Crippen LogP) is 4.11. The number of alkyl halides is 6. The smallest absolute Gasteiger partial charge is 0.314 e. The van der Waals surface area contributed by atoms with Gasteiger partial charge in [-0.25, -0.2) is 0 Å². The number of hydrogen-bond donors (Lipinski definition) is 1. The van der Waals surface area contributed by atoms with E-state index in [0.29, 0.717) is 44.4 Å². The van der Waals surface area contributed by atoms with Gasteiger partial charge in [0, 0.05) is 32.2 Å². The summed E-state index contributed by atoms with van der Waals surface area (Å²) in [5.41, 5.74) is -2.40. The van der Waals surface area contributed by atoms with Crippen LogP contribution in [0.4, 0.5) is 26.3 Å². The molecule has 0 spiro atoms. The Bertz CT molecular complexity index is 523. The van der Waals surface area contributed by atoms with E-state index in [1.54, 1.807) is 4.90 Å². The topological polar surface area (TPSA) is 15.3 Å². The average Bonchev–Trinajstić information content (AvgIpc) is 2.45. The zero-order valence-corrected chi connectivity index (χ0v) is 13.1. The molecule has 1 aliphatic rings. The van der Waals surface area contributed by atoms with Crippen molar-refractivity contribution < 1.29 is 26.3 Å². The van der Waals surface area contributed by atoms with Crippen LogP contribution in [-0.4, -0.2) is 31.1 Å². The number of benzene rings is 1. The van der Waals surface area contributed by atoms with Gasteiger partial charge in [-0.3, -0.25) is 4.90 Å². The Kier molecular flexibility index (Phi) is 6.34. The lowest BCUT2D eigenvalue weighted by molar-refractivity contribution is -0.142. The lowest BCUT2D eigenvalue weighted by atomic mass is 9.96. The fourth-order valence-corrected chi connectivity index (χ4v) is 2.61. The Hall–Kier alpha value is -0.990. The Morgan fingerprint density at radius 1 is 1.00 bits per heavy atom. The lowest BCUT2D eigenvalue weighted by Crippen LogP contribution is -2.44. The number of hydrogen-bond acceptors (Lipinski definition) is 2. The van der Waals surface area contributed by atoms with Crippen LogP contribution < -0.4 is 5.32 Å². The van der Waals surface area contributed by atoms with Crippen molar-refractivity contribution in [3.63, 3.8) is 0 Å². The van der Waals surface area contributed by atoms with E-state index in [1.165, 1.54) is 6.92 Å². The van der Waals surface area contributed by atoms with Gasteiger partial charge in [-0.15, -0.1) is 12.4 Å². The molecule has 2 nitrogen and oxygen atoms in total. The van der Waals surface area contributed by atoms with Gasteiger partial charge < -0.3 is 5.32 Å². The summed E-state index contributed by atoms with van der Waals surface area (Å²) in [4.78, 5) is 1.75. The lowest BCUT2D eigenvalue weighted by Gasteiger charge is -2.34. The number of nitrogens with zero attached hydrogens (tertiary/aromatic N) is 1. The van der Waals surface area contributed by atoms with Gasteiger partial charge in [0.05, 0.1) is 11.1 Å². The van der Waals surface area contributed by atoms with Crippen LogP contribution >= 0.6 is 12.4 Å². The zero-order valence-electron chi connectivity index (χ0n) is 12.3. The molecule has 2 rings (SSSR count). The molecule has 1 N–H and O–H groups in total. The Morgan fingerprint density at radius 3 is 2.04 bits per heavy atom. The van der Waals surface area contributed by atoms with Crippen molar-refractivity contribution in [2.45, 2.75) is 25.3 Å². The predicted molar refractivity (Wildman–Crippen MR) is 76.6 cm³/mol. The Balaban J connectivity index is 0.00000264. The SMILES string of the molecule is C[C@@H](c1cc(C(F)(F)F)ccc1C(F)(F)F)N1CCNCC1.Cl. The normalized spacial score (nSPS) is 18.4. The molecule has 0 unspecified atom stereocenters. The van der Waals surface area contributed by atoms with Crippen molar-refractivity contribution in [2.24, 2.45) is 0 Å². The molecule has 0 radical (unpaired) electrons. The maximum atomic E-state index is 13.1. The number of nitrogens with one attached hydrogen (secondary N) is 1. The van der Waals surface area contributed by atoms with Gasteiger partial charge >= 0.3 is 12.4 Å². The summed E-state index contributed by atoms with van der Waals surface area (Å²) in [5.74, 6) is 0. The summed E-state index contributed by atoms with van der Waals surface area (Å²) < 4.78 is 77.7. The van der Waals surface area contributed by atoms with E-state index in [2.05, 4.69) is 5.32 Å². The van der Waals surface area contributed by atoms with E-state index in [4.69, 9.17) is 0 Å². The molecular formula is C14H17ClF6N2. The third-order valence-corrected chi connectivity index (χ3v) is 3.83. The van der Waals surface area contributed by atoms with Crippen LogP contribution in [0.1, 0.15) is 29.7 Å². The monoisotopic (exact) mass is 362 g/mol. The standard InChI is InChI=1S/C14H16F6N2.ClH/c1-9(22-6-4-21-5-7-22)11-8-10(13(15,16)17)2-3-12(11)14(18,19)20;/h2-3,8-9,21H,4-7H2,1H3;1H/t9-;/m0./s1. The van der Waals surface area contributed by atoms with Gasteiger partial charge in [0.15, 0.2) is 0 Å². The fourth-order valence-electron chi connectivity index (χ4n) is 2.61. The molecule has 0 amide bonds. The van der Waals surface area contributed by atoms with E-state index in [-0.39, 0.29) is 18.0 Å². The largest absolute Gasteiger partial charge is 0.416 e. The van der Waals surface area contributed by atoms with Crippen LogP contribution in [0.15, 0.2) is 18.2 Å². The minimum Gasteiger partial charge on any atom is -0.314 e. The van der Waals surface area contributed by atoms with Gasteiger partial charge in [-0.2, -0.15) is 26.3 Å². The maximum absolute atomic E-state index is 13.1. The highest BCUT2D eigenvalue weighted by molar-refractivity contribution is 5.85. The highest BCUT2D eigenvalue weighted by Gasteiger charge is 2.38. The molecule has 1 atom stereocenters. The maximum Gasteiger partial charge on any atom is 0.416 e. The first kappa shape index (κ1) is 20.1. The van der Waals surface area contributed by atoms with Crippen LogP contribution in [0.3, 0.4) is 0 Å². The first-order valence-electron chi connectivity index (χ1n) is 6.84. The van der Waals surface area contributed by atoms with E-state index in [0.717, 1.165) is 0 Å². The minimum atomic E-state index is -4.68. The van der Waals surface area contributed by atoms with Gasteiger partial charge in [0.1, 0.15) is 0 Å². The molecule has 1 aromatic rings. The van der Waals surface area contributed by atoms with Crippen molar-refractivity contribution >= 4 is 12.4 Å². The molecule has 0 aliphatic carbocycles. The van der Waals surface area contributed by atoms with Crippen molar-refractivity contribution in [1.29, 1.82) is 0 Å². The molecule has 1 heterocycles. The summed E-state index contributed by atoms with van der Waals surface area (Å²) in [7, 11) is 0. The van der Waals surface area contributed by atoms with Crippen LogP contribution in [0.5, 0.6) is 0 Å². The van der Waals surface area contributed by atoms with Gasteiger partial charge in [0.25, 0.3) is 0 Å². The average molecular weight is 363 g/mol. The number of piperazine rings is 1. The van der Waals surface area contributed by atoms with Gasteiger partial charge in [-0.1, -0.05) is 0 Å². The molecule has 23 heavy (non-hydrogen) atoms. The minimum absolute atomic E-state index is 0. The van der Waals surface area contributed by atoms with E-state index in [1.807, 2.05) is 0 Å². The molecule has 0 aromatic heterocycles. The Morgan fingerprint density at radius 2 is 1.57 bits per heavy atom. The summed E-state index contributed by atoms with van der Waals surface area (Å²) in [6, 6.07) is 0.893. The van der Waals surface area contributed by atoms with Crippen molar-refractivity contribution in [2.75, 3.05) is 26.2 Å². The highest BCUT2D eigenvalue weighted by Crippen LogP contribution is 2.39. The molecule has 132 valence electrons. The number of rotatable bonds is 2. The molecule has 1 aromatic carbocycles. The first-order chi connectivity index (χ1) is 10.1. The quantitative estimate of drug-likeness (QED) is 0.796. The third kappa shape index (κ3) is 4.74. The highest BCUT2D eigenvalue weighted by atomic mass is 35.5. The van der Waals surface area contributed by atoms with E-state index in [9.17, 15) is 26.3 Å². The fraction of sp³-hybridized carbons (Fsp3) is 0.571. The summed E-state index contributed by atoms with van der Waals surface area (Å²) in [5, 5.41) is 3.06. The van der Waals surface area contributed by atoms with Crippen molar-refractivity contribution in [3.05, 3.63) is 34.9 Å². The van der Waals surface area contributed by atoms with Crippen LogP contribution in [-0.2, 0) is 12.4 Å². The van der Waals surface area contributed by atoms with E-state index >= 15 is 0 Å². The van der Waals surface area contributed by atoms with Crippen molar-refractivity contribution in [1.82, 2.24) is 10.2 Å². The van der Waals surface area contributed by atoms with E-state index < -0.39 is 29.5 Å². The molecule has 0 bridgehead atoms. The second-order valence-electron chi connectivity index (χ2n) is 5.26. The summed E-state index contributed by atoms with van der Waals surface area (Å²) >= 11 is 0. The Labute approximate surface area is 136 Å². The first-order valence-corrected chi connectivity index (χ1v) is 6.84. The van der Waals surface area contributed by atoms with Crippen molar-refractivity contribution in [3.8, 4) is 0 Å². The zero-order chi connectivity index (χ0) is 16.5. The summed E-state index contributed by atoms with van der Waals surface area (Å²) in [6.07, 6.45) is -9.34. The van der Waals surface area contributed by atoms with Gasteiger partial charge in [-0.05, 0) is 30.7 Å². The summed E-state index contributed by atoms with van der Waals surface area (Å²) in [6.45, 7) is 3.70. The third-order valence-electron chi connectivity index (χ3n) is 3.83. The van der Waals surface area contributed by atoms with Crippen LogP contribution in [0.25, 0.3) is 0 Å². The second kappa shape index (κ2) is 7.27. The molecule has 9 heteroatoms. The molecular weight excluding hydrogens is 346 g/mol. The second-order valence-corrected chi connectivity index (χ2v) is 5.26. The number of halogens is 7. The van der Waals surface area contributed by atoms with Crippen LogP contribution in [0.2, 0.25) is 0 Å². The molecule has 0 saturated carbocycles. The van der Waals surface area contributed by atoms with Gasteiger partial charge in [0.2, 0.25) is 0 Å². The molecule has 1 fully saturated rings.